The number of ketones is 1. The quantitative estimate of drug-likeness (QED) is 0.674. The van der Waals surface area contributed by atoms with Gasteiger partial charge in [0.25, 0.3) is 0 Å². The van der Waals surface area contributed by atoms with Crippen molar-refractivity contribution in [3.8, 4) is 0 Å². The van der Waals surface area contributed by atoms with E-state index in [1.165, 1.54) is 38.5 Å². The summed E-state index contributed by atoms with van der Waals surface area (Å²) in [5, 5.41) is 0. The van der Waals surface area contributed by atoms with Crippen molar-refractivity contribution in [2.45, 2.75) is 57.8 Å². The first-order valence-electron chi connectivity index (χ1n) is 7.80. The van der Waals surface area contributed by atoms with Crippen molar-refractivity contribution in [3.63, 3.8) is 0 Å². The van der Waals surface area contributed by atoms with Crippen LogP contribution in [0.3, 0.4) is 0 Å². The van der Waals surface area contributed by atoms with Gasteiger partial charge in [-0.1, -0.05) is 6.08 Å². The van der Waals surface area contributed by atoms with E-state index in [-0.39, 0.29) is 0 Å². The molecule has 1 heteroatoms. The average Bonchev–Trinajstić information content (AvgIpc) is 3.20. The standard InChI is InChI=1S/C17H25O/c1-2-3-5-14-13(12-8-9-12)10-11-16-15(14)6-4-7-17(16)18/h2,12,14-16H,1,3-11H2/t14-,15+,16+/m0/s1. The third-order valence-electron chi connectivity index (χ3n) is 5.41. The maximum absolute atomic E-state index is 12.1. The number of Topliss-reactive ketones (excluding diaryl/α,β-unsaturated/α-hetero) is 1. The first kappa shape index (κ1) is 12.4. The summed E-state index contributed by atoms with van der Waals surface area (Å²) in [5.41, 5.74) is 0. The summed E-state index contributed by atoms with van der Waals surface area (Å²) in [6.07, 6.45) is 13.0. The van der Waals surface area contributed by atoms with Gasteiger partial charge in [0, 0.05) is 12.3 Å². The smallest absolute Gasteiger partial charge is 0.136 e. The Morgan fingerprint density at radius 2 is 2.00 bits per heavy atom. The summed E-state index contributed by atoms with van der Waals surface area (Å²) in [7, 11) is 0. The van der Waals surface area contributed by atoms with E-state index in [0.717, 1.165) is 31.1 Å². The Kier molecular flexibility index (Phi) is 3.59. The lowest BCUT2D eigenvalue weighted by atomic mass is 9.59. The highest BCUT2D eigenvalue weighted by Crippen LogP contribution is 2.55. The predicted octanol–water partition coefficient (Wildman–Crippen LogP) is 4.33. The first-order chi connectivity index (χ1) is 8.81. The third kappa shape index (κ3) is 2.29. The summed E-state index contributed by atoms with van der Waals surface area (Å²) >= 11 is 0. The van der Waals surface area contributed by atoms with Crippen LogP contribution in [0.15, 0.2) is 12.7 Å². The summed E-state index contributed by atoms with van der Waals surface area (Å²) in [4.78, 5) is 12.1. The molecule has 3 saturated carbocycles. The Bertz CT molecular complexity index is 329. The maximum Gasteiger partial charge on any atom is 0.136 e. The van der Waals surface area contributed by atoms with E-state index in [4.69, 9.17) is 0 Å². The molecule has 3 rings (SSSR count). The van der Waals surface area contributed by atoms with Gasteiger partial charge in [0.2, 0.25) is 0 Å². The Morgan fingerprint density at radius 3 is 2.72 bits per heavy atom. The lowest BCUT2D eigenvalue weighted by molar-refractivity contribution is -0.129. The zero-order valence-corrected chi connectivity index (χ0v) is 11.4. The second-order valence-electron chi connectivity index (χ2n) is 6.49. The van der Waals surface area contributed by atoms with E-state index in [1.807, 2.05) is 5.92 Å². The van der Waals surface area contributed by atoms with Crippen LogP contribution in [-0.4, -0.2) is 5.78 Å². The number of rotatable bonds is 4. The zero-order chi connectivity index (χ0) is 12.5. The first-order valence-corrected chi connectivity index (χ1v) is 7.80. The van der Waals surface area contributed by atoms with Crippen LogP contribution in [0.1, 0.15) is 57.8 Å². The molecule has 0 spiro atoms. The van der Waals surface area contributed by atoms with Gasteiger partial charge in [0.05, 0.1) is 0 Å². The summed E-state index contributed by atoms with van der Waals surface area (Å²) in [5.74, 6) is 5.19. The molecule has 18 heavy (non-hydrogen) atoms. The van der Waals surface area contributed by atoms with Gasteiger partial charge in [-0.2, -0.15) is 0 Å². The summed E-state index contributed by atoms with van der Waals surface area (Å²) in [6.45, 7) is 3.87. The number of carbonyl (C=O) groups excluding carboxylic acids is 1. The highest BCUT2D eigenvalue weighted by molar-refractivity contribution is 5.82. The lowest BCUT2D eigenvalue weighted by Crippen LogP contribution is -2.40. The molecule has 0 N–H and O–H groups in total. The van der Waals surface area contributed by atoms with Crippen molar-refractivity contribution in [2.24, 2.45) is 23.7 Å². The monoisotopic (exact) mass is 245 g/mol. The molecule has 0 aromatic heterocycles. The van der Waals surface area contributed by atoms with Crippen molar-refractivity contribution < 1.29 is 4.79 Å². The number of hydrogen-bond acceptors (Lipinski definition) is 1. The largest absolute Gasteiger partial charge is 0.299 e. The topological polar surface area (TPSA) is 17.1 Å². The van der Waals surface area contributed by atoms with Crippen LogP contribution >= 0.6 is 0 Å². The van der Waals surface area contributed by atoms with E-state index in [2.05, 4.69) is 12.7 Å². The van der Waals surface area contributed by atoms with Crippen molar-refractivity contribution in [2.75, 3.05) is 0 Å². The zero-order valence-electron chi connectivity index (χ0n) is 11.4. The molecule has 3 fully saturated rings. The van der Waals surface area contributed by atoms with Crippen LogP contribution < -0.4 is 0 Å². The van der Waals surface area contributed by atoms with Crippen LogP contribution in [0, 0.1) is 29.6 Å². The maximum atomic E-state index is 12.1. The Hall–Kier alpha value is -0.590. The van der Waals surface area contributed by atoms with Crippen molar-refractivity contribution in [3.05, 3.63) is 18.6 Å². The van der Waals surface area contributed by atoms with E-state index in [1.54, 1.807) is 0 Å². The van der Waals surface area contributed by atoms with Crippen molar-refractivity contribution in [1.29, 1.82) is 0 Å². The molecule has 0 aromatic carbocycles. The Labute approximate surface area is 111 Å². The average molecular weight is 245 g/mol. The third-order valence-corrected chi connectivity index (χ3v) is 5.41. The SMILES string of the molecule is C=CCC[C@H]1[C](C2CC2)CC[C@H]2C(=O)CCC[C@H]12. The van der Waals surface area contributed by atoms with E-state index in [9.17, 15) is 4.79 Å². The molecule has 0 unspecified atom stereocenters. The van der Waals surface area contributed by atoms with E-state index in [0.29, 0.717) is 17.6 Å². The molecule has 1 nitrogen and oxygen atoms in total. The van der Waals surface area contributed by atoms with Crippen molar-refractivity contribution in [1.82, 2.24) is 0 Å². The molecule has 0 bridgehead atoms. The van der Waals surface area contributed by atoms with Gasteiger partial charge in [-0.3, -0.25) is 4.79 Å². The lowest BCUT2D eigenvalue weighted by Gasteiger charge is -2.45. The van der Waals surface area contributed by atoms with Gasteiger partial charge in [-0.15, -0.1) is 6.58 Å². The van der Waals surface area contributed by atoms with Gasteiger partial charge in [0.1, 0.15) is 5.78 Å². The normalized spacial score (nSPS) is 37.3. The van der Waals surface area contributed by atoms with Gasteiger partial charge >= 0.3 is 0 Å². The second-order valence-corrected chi connectivity index (χ2v) is 6.49. The highest BCUT2D eigenvalue weighted by Gasteiger charge is 2.47. The van der Waals surface area contributed by atoms with Crippen LogP contribution in [0.2, 0.25) is 0 Å². The van der Waals surface area contributed by atoms with E-state index >= 15 is 0 Å². The molecular formula is C17H25O. The van der Waals surface area contributed by atoms with E-state index < -0.39 is 0 Å². The van der Waals surface area contributed by atoms with Gasteiger partial charge in [-0.25, -0.2) is 0 Å². The minimum Gasteiger partial charge on any atom is -0.299 e. The number of carbonyl (C=O) groups is 1. The molecule has 3 aliphatic carbocycles. The second kappa shape index (κ2) is 5.19. The van der Waals surface area contributed by atoms with Gasteiger partial charge in [0.15, 0.2) is 0 Å². The Morgan fingerprint density at radius 1 is 1.17 bits per heavy atom. The molecule has 3 atom stereocenters. The van der Waals surface area contributed by atoms with Crippen LogP contribution in [0.25, 0.3) is 0 Å². The molecule has 1 radical (unpaired) electrons. The fourth-order valence-corrected chi connectivity index (χ4v) is 4.43. The predicted molar refractivity (Wildman–Crippen MR) is 74.0 cm³/mol. The summed E-state index contributed by atoms with van der Waals surface area (Å²) in [6, 6.07) is 0. The molecule has 99 valence electrons. The molecule has 0 amide bonds. The van der Waals surface area contributed by atoms with Crippen LogP contribution in [-0.2, 0) is 4.79 Å². The fraction of sp³-hybridized carbons (Fsp3) is 0.765. The van der Waals surface area contributed by atoms with Gasteiger partial charge in [-0.05, 0) is 75.0 Å². The molecule has 0 aromatic rings. The summed E-state index contributed by atoms with van der Waals surface area (Å²) < 4.78 is 0. The molecular weight excluding hydrogens is 220 g/mol. The van der Waals surface area contributed by atoms with Gasteiger partial charge < -0.3 is 0 Å². The number of fused-ring (bicyclic) bond motifs is 1. The van der Waals surface area contributed by atoms with Crippen LogP contribution in [0.4, 0.5) is 0 Å². The van der Waals surface area contributed by atoms with Crippen molar-refractivity contribution >= 4 is 5.78 Å². The number of hydrogen-bond donors (Lipinski definition) is 0. The molecule has 0 heterocycles. The highest BCUT2D eigenvalue weighted by atomic mass is 16.1. The minimum atomic E-state index is 0.413. The Balaban J connectivity index is 1.75. The molecule has 3 aliphatic rings. The fourth-order valence-electron chi connectivity index (χ4n) is 4.43. The molecule has 0 saturated heterocycles. The number of allylic oxidation sites excluding steroid dienone is 1. The minimum absolute atomic E-state index is 0.413. The molecule has 0 aliphatic heterocycles. The van der Waals surface area contributed by atoms with Crippen LogP contribution in [0.5, 0.6) is 0 Å².